The van der Waals surface area contributed by atoms with E-state index in [9.17, 15) is 0 Å². The Morgan fingerprint density at radius 2 is 2.18 bits per heavy atom. The molecule has 0 amide bonds. The van der Waals surface area contributed by atoms with E-state index < -0.39 is 0 Å². The molecule has 17 heavy (non-hydrogen) atoms. The minimum Gasteiger partial charge on any atom is -0.317 e. The molecule has 1 aromatic rings. The first-order valence-corrected chi connectivity index (χ1v) is 6.69. The lowest BCUT2D eigenvalue weighted by molar-refractivity contribution is 0.257. The molecule has 0 fully saturated rings. The van der Waals surface area contributed by atoms with Crippen LogP contribution in [0.2, 0.25) is 5.02 Å². The van der Waals surface area contributed by atoms with E-state index in [1.807, 2.05) is 18.2 Å². The molecule has 0 heterocycles. The molecule has 1 N–H and O–H groups in total. The number of benzene rings is 1. The largest absolute Gasteiger partial charge is 0.317 e. The lowest BCUT2D eigenvalue weighted by Gasteiger charge is -2.25. The van der Waals surface area contributed by atoms with E-state index in [1.165, 1.54) is 12.0 Å². The molecule has 1 aromatic carbocycles. The zero-order valence-electron chi connectivity index (χ0n) is 11.0. The molecule has 96 valence electrons. The molecule has 0 aliphatic heterocycles. The first-order valence-electron chi connectivity index (χ1n) is 6.31. The van der Waals surface area contributed by atoms with Gasteiger partial charge in [-0.3, -0.25) is 4.90 Å². The van der Waals surface area contributed by atoms with Gasteiger partial charge in [0.05, 0.1) is 0 Å². The van der Waals surface area contributed by atoms with Crippen molar-refractivity contribution in [3.05, 3.63) is 34.9 Å². The van der Waals surface area contributed by atoms with Crippen LogP contribution in [0.15, 0.2) is 24.3 Å². The zero-order valence-corrected chi connectivity index (χ0v) is 11.8. The van der Waals surface area contributed by atoms with Gasteiger partial charge in [0, 0.05) is 11.1 Å². The third-order valence-electron chi connectivity index (χ3n) is 3.11. The van der Waals surface area contributed by atoms with Crippen LogP contribution >= 0.6 is 11.6 Å². The van der Waals surface area contributed by atoms with Crippen LogP contribution in [-0.4, -0.2) is 31.6 Å². The average molecular weight is 255 g/mol. The molecule has 0 aromatic heterocycles. The van der Waals surface area contributed by atoms with Crippen LogP contribution in [0.1, 0.15) is 31.9 Å². The summed E-state index contributed by atoms with van der Waals surface area (Å²) in [6.45, 7) is 7.59. The number of hydrogen-bond acceptors (Lipinski definition) is 2. The summed E-state index contributed by atoms with van der Waals surface area (Å²) in [6, 6.07) is 8.53. The van der Waals surface area contributed by atoms with Crippen molar-refractivity contribution < 1.29 is 0 Å². The molecule has 0 radical (unpaired) electrons. The number of hydrogen-bond donors (Lipinski definition) is 1. The Hall–Kier alpha value is -0.570. The van der Waals surface area contributed by atoms with Crippen molar-refractivity contribution in [2.75, 3.05) is 26.7 Å². The molecule has 0 saturated carbocycles. The Labute approximate surface area is 110 Å². The SMILES string of the molecule is CCNCCCN(C)C(C)c1cccc(Cl)c1. The Kier molecular flexibility index (Phi) is 6.56. The van der Waals surface area contributed by atoms with Gasteiger partial charge in [0.25, 0.3) is 0 Å². The third kappa shape index (κ3) is 5.07. The topological polar surface area (TPSA) is 15.3 Å². The van der Waals surface area contributed by atoms with Gasteiger partial charge in [0.15, 0.2) is 0 Å². The van der Waals surface area contributed by atoms with E-state index in [0.29, 0.717) is 6.04 Å². The second kappa shape index (κ2) is 7.70. The van der Waals surface area contributed by atoms with Crippen molar-refractivity contribution in [1.29, 1.82) is 0 Å². The molecular weight excluding hydrogens is 232 g/mol. The van der Waals surface area contributed by atoms with E-state index in [0.717, 1.165) is 24.7 Å². The van der Waals surface area contributed by atoms with Crippen molar-refractivity contribution in [2.24, 2.45) is 0 Å². The summed E-state index contributed by atoms with van der Waals surface area (Å²) in [5, 5.41) is 4.16. The molecular formula is C14H23ClN2. The normalized spacial score (nSPS) is 13.0. The lowest BCUT2D eigenvalue weighted by Crippen LogP contribution is -2.26. The summed E-state index contributed by atoms with van der Waals surface area (Å²) in [7, 11) is 2.16. The third-order valence-corrected chi connectivity index (χ3v) is 3.34. The fraction of sp³-hybridized carbons (Fsp3) is 0.571. The molecule has 0 aliphatic carbocycles. The van der Waals surface area contributed by atoms with Crippen LogP contribution < -0.4 is 5.32 Å². The van der Waals surface area contributed by atoms with E-state index >= 15 is 0 Å². The van der Waals surface area contributed by atoms with Crippen molar-refractivity contribution in [1.82, 2.24) is 10.2 Å². The zero-order chi connectivity index (χ0) is 12.7. The monoisotopic (exact) mass is 254 g/mol. The molecule has 0 aliphatic rings. The van der Waals surface area contributed by atoms with Gasteiger partial charge < -0.3 is 5.32 Å². The molecule has 1 unspecified atom stereocenters. The summed E-state index contributed by atoms with van der Waals surface area (Å²) in [6.07, 6.45) is 1.18. The summed E-state index contributed by atoms with van der Waals surface area (Å²) >= 11 is 6.01. The standard InChI is InChI=1S/C14H23ClN2/c1-4-16-9-6-10-17(3)12(2)13-7-5-8-14(15)11-13/h5,7-8,11-12,16H,4,6,9-10H2,1-3H3. The maximum atomic E-state index is 6.01. The highest BCUT2D eigenvalue weighted by Gasteiger charge is 2.11. The van der Waals surface area contributed by atoms with Gasteiger partial charge in [0.1, 0.15) is 0 Å². The minimum absolute atomic E-state index is 0.412. The fourth-order valence-electron chi connectivity index (χ4n) is 1.84. The van der Waals surface area contributed by atoms with Gasteiger partial charge in [-0.25, -0.2) is 0 Å². The molecule has 3 heteroatoms. The minimum atomic E-state index is 0.412. The Morgan fingerprint density at radius 3 is 2.82 bits per heavy atom. The van der Waals surface area contributed by atoms with Crippen molar-refractivity contribution >= 4 is 11.6 Å². The van der Waals surface area contributed by atoms with E-state index in [-0.39, 0.29) is 0 Å². The molecule has 0 spiro atoms. The van der Waals surface area contributed by atoms with Gasteiger partial charge in [-0.1, -0.05) is 30.7 Å². The van der Waals surface area contributed by atoms with Crippen molar-refractivity contribution in [3.8, 4) is 0 Å². The first kappa shape index (κ1) is 14.5. The fourth-order valence-corrected chi connectivity index (χ4v) is 2.04. The highest BCUT2D eigenvalue weighted by Crippen LogP contribution is 2.21. The summed E-state index contributed by atoms with van der Waals surface area (Å²) in [5.41, 5.74) is 1.28. The predicted molar refractivity (Wildman–Crippen MR) is 75.7 cm³/mol. The van der Waals surface area contributed by atoms with Crippen LogP contribution in [0.5, 0.6) is 0 Å². The Balaban J connectivity index is 2.43. The van der Waals surface area contributed by atoms with E-state index in [4.69, 9.17) is 11.6 Å². The smallest absolute Gasteiger partial charge is 0.0409 e. The van der Waals surface area contributed by atoms with E-state index in [1.54, 1.807) is 0 Å². The number of nitrogens with zero attached hydrogens (tertiary/aromatic N) is 1. The van der Waals surface area contributed by atoms with Crippen LogP contribution in [0.25, 0.3) is 0 Å². The van der Waals surface area contributed by atoms with Gasteiger partial charge in [-0.05, 0) is 57.7 Å². The molecule has 0 saturated heterocycles. The second-order valence-electron chi connectivity index (χ2n) is 4.42. The van der Waals surface area contributed by atoms with Gasteiger partial charge in [-0.15, -0.1) is 0 Å². The summed E-state index contributed by atoms with van der Waals surface area (Å²) < 4.78 is 0. The molecule has 1 atom stereocenters. The van der Waals surface area contributed by atoms with Crippen LogP contribution in [0.4, 0.5) is 0 Å². The van der Waals surface area contributed by atoms with Crippen LogP contribution in [0, 0.1) is 0 Å². The number of nitrogens with one attached hydrogen (secondary N) is 1. The molecule has 0 bridgehead atoms. The summed E-state index contributed by atoms with van der Waals surface area (Å²) in [5.74, 6) is 0. The van der Waals surface area contributed by atoms with Gasteiger partial charge >= 0.3 is 0 Å². The quantitative estimate of drug-likeness (QED) is 0.751. The van der Waals surface area contributed by atoms with Crippen molar-refractivity contribution in [3.63, 3.8) is 0 Å². The molecule has 1 rings (SSSR count). The maximum absolute atomic E-state index is 6.01. The number of rotatable bonds is 7. The predicted octanol–water partition coefficient (Wildman–Crippen LogP) is 3.33. The lowest BCUT2D eigenvalue weighted by atomic mass is 10.1. The highest BCUT2D eigenvalue weighted by atomic mass is 35.5. The first-order chi connectivity index (χ1) is 8.15. The Bertz CT molecular complexity index is 328. The maximum Gasteiger partial charge on any atom is 0.0409 e. The van der Waals surface area contributed by atoms with Gasteiger partial charge in [0.2, 0.25) is 0 Å². The Morgan fingerprint density at radius 1 is 1.41 bits per heavy atom. The van der Waals surface area contributed by atoms with Crippen LogP contribution in [0.3, 0.4) is 0 Å². The van der Waals surface area contributed by atoms with Gasteiger partial charge in [-0.2, -0.15) is 0 Å². The number of halogens is 1. The van der Waals surface area contributed by atoms with E-state index in [2.05, 4.69) is 37.2 Å². The summed E-state index contributed by atoms with van der Waals surface area (Å²) in [4.78, 5) is 2.36. The van der Waals surface area contributed by atoms with Crippen LogP contribution in [-0.2, 0) is 0 Å². The average Bonchev–Trinajstić information content (AvgIpc) is 2.33. The molecule has 2 nitrogen and oxygen atoms in total. The highest BCUT2D eigenvalue weighted by molar-refractivity contribution is 6.30. The second-order valence-corrected chi connectivity index (χ2v) is 4.86. The van der Waals surface area contributed by atoms with Crippen molar-refractivity contribution in [2.45, 2.75) is 26.3 Å².